The van der Waals surface area contributed by atoms with E-state index >= 15 is 0 Å². The van der Waals surface area contributed by atoms with Gasteiger partial charge in [-0.3, -0.25) is 14.4 Å². The summed E-state index contributed by atoms with van der Waals surface area (Å²) in [7, 11) is 1.51. The van der Waals surface area contributed by atoms with Gasteiger partial charge in [0, 0.05) is 5.54 Å². The Kier molecular flexibility index (Phi) is 4.34. The molecule has 4 saturated carbocycles. The molecule has 30 heavy (non-hydrogen) atoms. The highest BCUT2D eigenvalue weighted by Gasteiger charge is 2.52. The summed E-state index contributed by atoms with van der Waals surface area (Å²) in [6.45, 7) is -0.433. The van der Waals surface area contributed by atoms with Gasteiger partial charge < -0.3 is 10.1 Å². The molecule has 5 aliphatic rings. The van der Waals surface area contributed by atoms with Gasteiger partial charge in [-0.25, -0.2) is 14.6 Å². The van der Waals surface area contributed by atoms with E-state index in [0.717, 1.165) is 29.1 Å². The normalized spacial score (nSPS) is 32.2. The number of ether oxygens (including phenoxy) is 1. The van der Waals surface area contributed by atoms with Crippen LogP contribution in [0.4, 0.5) is 10.5 Å². The van der Waals surface area contributed by atoms with Gasteiger partial charge in [-0.15, -0.1) is 0 Å². The summed E-state index contributed by atoms with van der Waals surface area (Å²) >= 11 is 0. The molecule has 5 fully saturated rings. The topological polar surface area (TPSA) is 96.0 Å². The molecule has 1 aromatic carbocycles. The summed E-state index contributed by atoms with van der Waals surface area (Å²) in [6.07, 6.45) is 6.69. The maximum absolute atomic E-state index is 12.8. The number of carbonyl (C=O) groups excluding carboxylic acids is 4. The third kappa shape index (κ3) is 3.05. The Morgan fingerprint density at radius 3 is 2.10 bits per heavy atom. The van der Waals surface area contributed by atoms with E-state index in [2.05, 4.69) is 5.32 Å². The summed E-state index contributed by atoms with van der Waals surface area (Å²) in [5.41, 5.74) is 0.0558. The number of rotatable bonds is 5. The highest BCUT2D eigenvalue weighted by molar-refractivity contribution is 6.53. The first-order chi connectivity index (χ1) is 14.4. The molecule has 6 rings (SSSR count). The Bertz CT molecular complexity index is 890. The summed E-state index contributed by atoms with van der Waals surface area (Å²) in [4.78, 5) is 52.0. The fourth-order valence-electron chi connectivity index (χ4n) is 6.35. The molecule has 0 atom stereocenters. The second-order valence-corrected chi connectivity index (χ2v) is 9.26. The molecule has 158 valence electrons. The lowest BCUT2D eigenvalue weighted by Gasteiger charge is -2.56. The number of carbonyl (C=O) groups is 4. The zero-order valence-corrected chi connectivity index (χ0v) is 16.9. The monoisotopic (exact) mass is 411 g/mol. The van der Waals surface area contributed by atoms with Gasteiger partial charge >= 0.3 is 17.8 Å². The fraction of sp³-hybridized carbons (Fsp3) is 0.545. The molecule has 4 aliphatic carbocycles. The molecule has 8 nitrogen and oxygen atoms in total. The zero-order chi connectivity index (χ0) is 21.0. The second kappa shape index (κ2) is 6.82. The first-order valence-corrected chi connectivity index (χ1v) is 10.5. The third-order valence-electron chi connectivity index (χ3n) is 7.13. The van der Waals surface area contributed by atoms with Gasteiger partial charge in [0.05, 0.1) is 12.8 Å². The molecule has 1 aliphatic heterocycles. The summed E-state index contributed by atoms with van der Waals surface area (Å²) in [5.74, 6) is 0.263. The average Bonchev–Trinajstić information content (AvgIpc) is 2.90. The largest absolute Gasteiger partial charge is 0.497 e. The van der Waals surface area contributed by atoms with Gasteiger partial charge in [0.2, 0.25) is 5.91 Å². The predicted molar refractivity (Wildman–Crippen MR) is 107 cm³/mol. The van der Waals surface area contributed by atoms with E-state index in [1.165, 1.54) is 38.5 Å². The molecule has 0 unspecified atom stereocenters. The van der Waals surface area contributed by atoms with Crippen LogP contribution >= 0.6 is 0 Å². The number of hydrogen-bond acceptors (Lipinski definition) is 5. The van der Waals surface area contributed by atoms with Crippen LogP contribution in [-0.4, -0.2) is 47.8 Å². The third-order valence-corrected chi connectivity index (χ3v) is 7.13. The van der Waals surface area contributed by atoms with Crippen LogP contribution in [0.2, 0.25) is 0 Å². The van der Waals surface area contributed by atoms with Crippen LogP contribution in [0.15, 0.2) is 24.3 Å². The van der Waals surface area contributed by atoms with Crippen molar-refractivity contribution in [1.82, 2.24) is 10.2 Å². The van der Waals surface area contributed by atoms with E-state index in [0.29, 0.717) is 23.5 Å². The van der Waals surface area contributed by atoms with Crippen molar-refractivity contribution in [3.63, 3.8) is 0 Å². The van der Waals surface area contributed by atoms with Gasteiger partial charge in [0.15, 0.2) is 0 Å². The van der Waals surface area contributed by atoms with Crippen molar-refractivity contribution in [1.29, 1.82) is 0 Å². The minimum atomic E-state index is -0.975. The molecule has 0 radical (unpaired) electrons. The first kappa shape index (κ1) is 19.1. The molecular formula is C22H25N3O5. The molecule has 0 aromatic heterocycles. The van der Waals surface area contributed by atoms with Crippen molar-refractivity contribution < 1.29 is 23.9 Å². The maximum atomic E-state index is 12.8. The quantitative estimate of drug-likeness (QED) is 0.591. The van der Waals surface area contributed by atoms with Crippen LogP contribution in [0.3, 0.4) is 0 Å². The van der Waals surface area contributed by atoms with Crippen LogP contribution < -0.4 is 15.0 Å². The van der Waals surface area contributed by atoms with E-state index in [1.807, 2.05) is 0 Å². The number of nitrogens with one attached hydrogen (secondary N) is 1. The van der Waals surface area contributed by atoms with Crippen molar-refractivity contribution in [2.45, 2.75) is 44.1 Å². The Morgan fingerprint density at radius 1 is 1.00 bits per heavy atom. The molecule has 1 aromatic rings. The minimum Gasteiger partial charge on any atom is -0.497 e. The molecule has 1 saturated heterocycles. The molecule has 4 bridgehead atoms. The Morgan fingerprint density at radius 2 is 1.57 bits per heavy atom. The van der Waals surface area contributed by atoms with E-state index < -0.39 is 24.4 Å². The maximum Gasteiger partial charge on any atom is 0.339 e. The van der Waals surface area contributed by atoms with E-state index in [9.17, 15) is 19.2 Å². The first-order valence-electron chi connectivity index (χ1n) is 10.5. The Labute approximate surface area is 174 Å². The van der Waals surface area contributed by atoms with E-state index in [4.69, 9.17) is 4.74 Å². The lowest BCUT2D eigenvalue weighted by Crippen LogP contribution is -2.61. The minimum absolute atomic E-state index is 0.211. The van der Waals surface area contributed by atoms with Crippen molar-refractivity contribution in [3.8, 4) is 5.75 Å². The van der Waals surface area contributed by atoms with Crippen LogP contribution in [0.1, 0.15) is 38.5 Å². The number of methoxy groups -OCH3 is 1. The van der Waals surface area contributed by atoms with Gasteiger partial charge in [-0.05, 0) is 80.5 Å². The molecule has 1 N–H and O–H groups in total. The van der Waals surface area contributed by atoms with Crippen molar-refractivity contribution in [3.05, 3.63) is 24.3 Å². The van der Waals surface area contributed by atoms with E-state index in [1.54, 1.807) is 12.1 Å². The Balaban J connectivity index is 1.28. The smallest absolute Gasteiger partial charge is 0.339 e. The highest BCUT2D eigenvalue weighted by Crippen LogP contribution is 2.55. The van der Waals surface area contributed by atoms with Crippen LogP contribution in [-0.2, 0) is 14.4 Å². The van der Waals surface area contributed by atoms with Gasteiger partial charge in [0.25, 0.3) is 0 Å². The van der Waals surface area contributed by atoms with Crippen molar-refractivity contribution in [2.24, 2.45) is 17.8 Å². The number of anilines is 1. The highest BCUT2D eigenvalue weighted by atomic mass is 16.5. The zero-order valence-electron chi connectivity index (χ0n) is 16.9. The lowest BCUT2D eigenvalue weighted by atomic mass is 9.53. The summed E-state index contributed by atoms with van der Waals surface area (Å²) < 4.78 is 5.08. The number of benzene rings is 1. The molecule has 1 heterocycles. The van der Waals surface area contributed by atoms with Crippen LogP contribution in [0, 0.1) is 17.8 Å². The Hall–Kier alpha value is -2.90. The molecular weight excluding hydrogens is 386 g/mol. The van der Waals surface area contributed by atoms with Crippen LogP contribution in [0.25, 0.3) is 0 Å². The predicted octanol–water partition coefficient (Wildman–Crippen LogP) is 2.08. The second-order valence-electron chi connectivity index (χ2n) is 9.26. The summed E-state index contributed by atoms with van der Waals surface area (Å²) in [6, 6.07) is 5.46. The number of amides is 5. The van der Waals surface area contributed by atoms with Gasteiger partial charge in [0.1, 0.15) is 12.3 Å². The average molecular weight is 411 g/mol. The van der Waals surface area contributed by atoms with Gasteiger partial charge in [-0.1, -0.05) is 0 Å². The number of nitrogens with zero attached hydrogens (tertiary/aromatic N) is 2. The van der Waals surface area contributed by atoms with Crippen LogP contribution in [0.5, 0.6) is 5.75 Å². The van der Waals surface area contributed by atoms with E-state index in [-0.39, 0.29) is 17.1 Å². The molecule has 5 amide bonds. The summed E-state index contributed by atoms with van der Waals surface area (Å²) in [5, 5.41) is 3.15. The molecule has 0 spiro atoms. The number of hydrogen-bond donors (Lipinski definition) is 1. The number of urea groups is 1. The fourth-order valence-corrected chi connectivity index (χ4v) is 6.35. The van der Waals surface area contributed by atoms with Crippen molar-refractivity contribution >= 4 is 29.4 Å². The van der Waals surface area contributed by atoms with Crippen molar-refractivity contribution in [2.75, 3.05) is 18.6 Å². The molecule has 8 heteroatoms. The lowest BCUT2D eigenvalue weighted by molar-refractivity contribution is -0.141. The standard InChI is InChI=1S/C22H25N3O5/c1-30-17-4-2-16(3-5-17)25-20(28)19(27)24(21(25)29)12-18(26)23-22-9-13-6-14(10-22)8-15(7-13)11-22/h2-5,13-15H,6-12H2,1H3,(H,23,26). The SMILES string of the molecule is COc1ccc(N2C(=O)C(=O)N(CC(=O)NC34CC5CC(CC(C5)C3)C4)C2=O)cc1. The number of imide groups is 2. The van der Waals surface area contributed by atoms with Gasteiger partial charge in [-0.2, -0.15) is 0 Å².